The zero-order valence-corrected chi connectivity index (χ0v) is 19.3. The Morgan fingerprint density at radius 2 is 1.46 bits per heavy atom. The minimum absolute atomic E-state index is 0.926. The molecule has 1 aliphatic heterocycles. The van der Waals surface area contributed by atoms with Crippen molar-refractivity contribution in [2.75, 3.05) is 13.1 Å². The van der Waals surface area contributed by atoms with Crippen LogP contribution in [0.2, 0.25) is 0 Å². The van der Waals surface area contributed by atoms with E-state index in [4.69, 9.17) is 0 Å². The Morgan fingerprint density at radius 3 is 1.89 bits per heavy atom. The first kappa shape index (κ1) is 20.8. The maximum absolute atomic E-state index is 4.43. The van der Waals surface area contributed by atoms with Crippen LogP contribution in [0.3, 0.4) is 0 Å². The summed E-state index contributed by atoms with van der Waals surface area (Å²) in [5.74, 6) is 2.21. The molecule has 0 atom stereocenters. The number of hydrogen-bond donors (Lipinski definition) is 2. The summed E-state index contributed by atoms with van der Waals surface area (Å²) in [6.07, 6.45) is 5.59. The van der Waals surface area contributed by atoms with E-state index in [0.29, 0.717) is 0 Å². The van der Waals surface area contributed by atoms with Crippen LogP contribution in [0.15, 0.2) is 17.4 Å². The van der Waals surface area contributed by atoms with Crippen LogP contribution in [0, 0.1) is 41.5 Å². The van der Waals surface area contributed by atoms with Crippen molar-refractivity contribution in [3.63, 3.8) is 0 Å². The number of aryl methyl sites for hydroxylation is 4. The highest BCUT2D eigenvalue weighted by Crippen LogP contribution is 2.28. The van der Waals surface area contributed by atoms with Crippen molar-refractivity contribution in [1.82, 2.24) is 15.3 Å². The van der Waals surface area contributed by atoms with Gasteiger partial charge in [-0.1, -0.05) is 0 Å². The molecule has 1 aliphatic rings. The van der Waals surface area contributed by atoms with Crippen LogP contribution in [0.1, 0.15) is 47.6 Å². The van der Waals surface area contributed by atoms with Gasteiger partial charge in [0.05, 0.1) is 6.54 Å². The molecule has 3 aromatic rings. The molecule has 150 valence electrons. The Hall–Kier alpha value is -1.92. The first-order valence-corrected chi connectivity index (χ1v) is 11.4. The molecule has 0 spiro atoms. The van der Waals surface area contributed by atoms with Gasteiger partial charge in [-0.05, 0) is 63.8 Å². The number of H-pyrrole nitrogens is 1. The monoisotopic (exact) mass is 414 g/mol. The fourth-order valence-corrected chi connectivity index (χ4v) is 5.67. The molecule has 0 aromatic carbocycles. The van der Waals surface area contributed by atoms with Crippen LogP contribution in [-0.4, -0.2) is 28.9 Å². The first-order valence-electron chi connectivity index (χ1n) is 9.73. The Labute approximate surface area is 176 Å². The highest BCUT2D eigenvalue weighted by atomic mass is 32.1. The van der Waals surface area contributed by atoms with Gasteiger partial charge >= 0.3 is 0 Å². The van der Waals surface area contributed by atoms with Gasteiger partial charge in [0.2, 0.25) is 0 Å². The number of aliphatic imine (C=N–C) groups is 1. The van der Waals surface area contributed by atoms with Crippen LogP contribution in [0.4, 0.5) is 0 Å². The summed E-state index contributed by atoms with van der Waals surface area (Å²) in [5.41, 5.74) is 5.77. The van der Waals surface area contributed by atoms with E-state index >= 15 is 0 Å². The van der Waals surface area contributed by atoms with Crippen LogP contribution in [-0.2, 0) is 12.8 Å². The van der Waals surface area contributed by atoms with E-state index in [2.05, 4.69) is 61.8 Å². The molecule has 0 saturated heterocycles. The van der Waals surface area contributed by atoms with Crippen molar-refractivity contribution in [1.29, 1.82) is 0 Å². The fourth-order valence-electron chi connectivity index (χ4n) is 3.50. The van der Waals surface area contributed by atoms with E-state index in [1.807, 2.05) is 28.9 Å². The largest absolute Gasteiger partial charge is 0.372 e. The molecular formula is C22H30N4S2. The zero-order chi connectivity index (χ0) is 20.3. The lowest BCUT2D eigenvalue weighted by Gasteiger charge is -2.03. The summed E-state index contributed by atoms with van der Waals surface area (Å²) >= 11 is 3.77. The predicted molar refractivity (Wildman–Crippen MR) is 122 cm³/mol. The average molecular weight is 415 g/mol. The molecule has 3 aromatic heterocycles. The Balaban J connectivity index is 0.000000161. The maximum Gasteiger partial charge on any atom is 0.110 e. The van der Waals surface area contributed by atoms with E-state index in [1.165, 1.54) is 41.8 Å². The molecule has 4 nitrogen and oxygen atoms in total. The number of thiophene rings is 2. The minimum atomic E-state index is 0.926. The quantitative estimate of drug-likeness (QED) is 0.616. The number of aromatic nitrogens is 2. The Morgan fingerprint density at radius 1 is 0.857 bits per heavy atom. The Kier molecular flexibility index (Phi) is 6.73. The normalized spacial score (nSPS) is 13.1. The first-order chi connectivity index (χ1) is 13.4. The van der Waals surface area contributed by atoms with E-state index in [9.17, 15) is 0 Å². The SMILES string of the molecule is Cc1sc(C)c(CC2=NCCN2)c1C.Cc1sc(C)c(Cc2ncc[nH]2)c1C. The number of aromatic amines is 1. The lowest BCUT2D eigenvalue weighted by Crippen LogP contribution is -2.20. The van der Waals surface area contributed by atoms with Gasteiger partial charge in [-0.25, -0.2) is 4.98 Å². The van der Waals surface area contributed by atoms with Gasteiger partial charge in [0, 0.05) is 51.3 Å². The second kappa shape index (κ2) is 9.05. The second-order valence-electron chi connectivity index (χ2n) is 7.28. The van der Waals surface area contributed by atoms with Crippen LogP contribution in [0.25, 0.3) is 0 Å². The summed E-state index contributed by atoms with van der Waals surface area (Å²) in [4.78, 5) is 17.5. The third-order valence-corrected chi connectivity index (χ3v) is 7.74. The molecule has 28 heavy (non-hydrogen) atoms. The number of amidine groups is 1. The van der Waals surface area contributed by atoms with Gasteiger partial charge in [0.1, 0.15) is 11.7 Å². The summed E-state index contributed by atoms with van der Waals surface area (Å²) in [6, 6.07) is 0. The van der Waals surface area contributed by atoms with Crippen LogP contribution < -0.4 is 5.32 Å². The predicted octanol–water partition coefficient (Wildman–Crippen LogP) is 5.20. The number of hydrogen-bond acceptors (Lipinski definition) is 5. The van der Waals surface area contributed by atoms with E-state index in [1.54, 1.807) is 6.20 Å². The van der Waals surface area contributed by atoms with Crippen LogP contribution >= 0.6 is 22.7 Å². The highest BCUT2D eigenvalue weighted by molar-refractivity contribution is 7.12. The Bertz CT molecular complexity index is 961. The molecular weight excluding hydrogens is 384 g/mol. The van der Waals surface area contributed by atoms with Crippen molar-refractivity contribution in [2.24, 2.45) is 4.99 Å². The van der Waals surface area contributed by atoms with E-state index < -0.39 is 0 Å². The number of rotatable bonds is 4. The van der Waals surface area contributed by atoms with E-state index in [-0.39, 0.29) is 0 Å². The highest BCUT2D eigenvalue weighted by Gasteiger charge is 2.13. The third-order valence-electron chi connectivity index (χ3n) is 5.41. The fraction of sp³-hybridized carbons (Fsp3) is 0.455. The number of imidazole rings is 1. The summed E-state index contributed by atoms with van der Waals surface area (Å²) < 4.78 is 0. The molecule has 2 N–H and O–H groups in total. The maximum atomic E-state index is 4.43. The average Bonchev–Trinajstić information content (AvgIpc) is 3.43. The smallest absolute Gasteiger partial charge is 0.110 e. The third kappa shape index (κ3) is 4.73. The second-order valence-corrected chi connectivity index (χ2v) is 10.1. The van der Waals surface area contributed by atoms with Gasteiger partial charge in [-0.15, -0.1) is 22.7 Å². The molecule has 6 heteroatoms. The molecule has 0 fully saturated rings. The lowest BCUT2D eigenvalue weighted by molar-refractivity contribution is 0.952. The molecule has 0 bridgehead atoms. The van der Waals surface area contributed by atoms with Gasteiger partial charge in [0.15, 0.2) is 0 Å². The zero-order valence-electron chi connectivity index (χ0n) is 17.7. The molecule has 4 rings (SSSR count). The number of nitrogens with zero attached hydrogens (tertiary/aromatic N) is 2. The van der Waals surface area contributed by atoms with Gasteiger partial charge in [-0.3, -0.25) is 4.99 Å². The van der Waals surface area contributed by atoms with Crippen LogP contribution in [0.5, 0.6) is 0 Å². The summed E-state index contributed by atoms with van der Waals surface area (Å²) in [6.45, 7) is 15.1. The van der Waals surface area contributed by atoms with Gasteiger partial charge < -0.3 is 10.3 Å². The van der Waals surface area contributed by atoms with Crippen molar-refractivity contribution < 1.29 is 0 Å². The lowest BCUT2D eigenvalue weighted by atomic mass is 10.1. The molecule has 0 aliphatic carbocycles. The van der Waals surface area contributed by atoms with Crippen molar-refractivity contribution >= 4 is 28.5 Å². The summed E-state index contributed by atoms with van der Waals surface area (Å²) in [7, 11) is 0. The molecule has 0 amide bonds. The minimum Gasteiger partial charge on any atom is -0.372 e. The topological polar surface area (TPSA) is 53.1 Å². The molecule has 0 saturated carbocycles. The van der Waals surface area contributed by atoms with Gasteiger partial charge in [0.25, 0.3) is 0 Å². The van der Waals surface area contributed by atoms with E-state index in [0.717, 1.165) is 37.6 Å². The molecule has 0 radical (unpaired) electrons. The van der Waals surface area contributed by atoms with Crippen molar-refractivity contribution in [2.45, 2.75) is 54.4 Å². The van der Waals surface area contributed by atoms with Gasteiger partial charge in [-0.2, -0.15) is 0 Å². The molecule has 4 heterocycles. The summed E-state index contributed by atoms with van der Waals surface area (Å²) in [5, 5.41) is 3.32. The number of nitrogens with one attached hydrogen (secondary N) is 2. The molecule has 0 unspecified atom stereocenters. The van der Waals surface area contributed by atoms with Crippen molar-refractivity contribution in [3.05, 3.63) is 60.0 Å². The standard InChI is InChI=1S/C11H16N2S.C11H14N2S/c2*1-7-8(2)14-9(3)10(7)6-11-12-4-5-13-11/h4-6H2,1-3H3,(H,12,13);4-5H,6H2,1-3H3,(H,12,13). The van der Waals surface area contributed by atoms with Crippen molar-refractivity contribution in [3.8, 4) is 0 Å².